The molecule has 1 aromatic carbocycles. The third-order valence-corrected chi connectivity index (χ3v) is 5.12. The van der Waals surface area contributed by atoms with Gasteiger partial charge in [-0.05, 0) is 30.5 Å². The van der Waals surface area contributed by atoms with Gasteiger partial charge in [-0.15, -0.1) is 0 Å². The Kier molecular flexibility index (Phi) is 4.75. The molecule has 7 nitrogen and oxygen atoms in total. The Morgan fingerprint density at radius 3 is 2.59 bits per heavy atom. The van der Waals surface area contributed by atoms with Crippen molar-refractivity contribution >= 4 is 11.9 Å². The first-order chi connectivity index (χ1) is 13.1. The van der Waals surface area contributed by atoms with E-state index in [1.807, 2.05) is 18.2 Å². The SMILES string of the molecule is O=C(O)c1coc(C(=O)N(Cc2ccc3c(c2)OCO3)C2CCCCC2)c1. The number of carboxylic acid groups (broad SMARTS) is 1. The number of hydrogen-bond donors (Lipinski definition) is 1. The summed E-state index contributed by atoms with van der Waals surface area (Å²) >= 11 is 0. The second kappa shape index (κ2) is 7.34. The highest BCUT2D eigenvalue weighted by molar-refractivity contribution is 5.95. The van der Waals surface area contributed by atoms with Crippen LogP contribution in [0.3, 0.4) is 0 Å². The zero-order chi connectivity index (χ0) is 18.8. The van der Waals surface area contributed by atoms with Gasteiger partial charge in [0, 0.05) is 18.7 Å². The molecular weight excluding hydrogens is 350 g/mol. The average molecular weight is 371 g/mol. The van der Waals surface area contributed by atoms with E-state index in [1.165, 1.54) is 12.5 Å². The molecule has 2 heterocycles. The minimum atomic E-state index is -1.11. The maximum atomic E-state index is 13.1. The highest BCUT2D eigenvalue weighted by Gasteiger charge is 2.29. The fourth-order valence-electron chi connectivity index (χ4n) is 3.70. The number of carbonyl (C=O) groups is 2. The zero-order valence-electron chi connectivity index (χ0n) is 14.8. The summed E-state index contributed by atoms with van der Waals surface area (Å²) in [6.07, 6.45) is 6.30. The van der Waals surface area contributed by atoms with Crippen LogP contribution in [0.15, 0.2) is 34.9 Å². The third-order valence-electron chi connectivity index (χ3n) is 5.12. The average Bonchev–Trinajstić information content (AvgIpc) is 3.35. The van der Waals surface area contributed by atoms with E-state index in [-0.39, 0.29) is 30.1 Å². The van der Waals surface area contributed by atoms with E-state index in [4.69, 9.17) is 19.0 Å². The Bertz CT molecular complexity index is 852. The molecule has 0 radical (unpaired) electrons. The number of furan rings is 1. The van der Waals surface area contributed by atoms with Gasteiger partial charge in [-0.1, -0.05) is 25.3 Å². The predicted molar refractivity (Wildman–Crippen MR) is 95.0 cm³/mol. The maximum absolute atomic E-state index is 13.1. The van der Waals surface area contributed by atoms with Gasteiger partial charge in [0.15, 0.2) is 17.3 Å². The molecule has 0 bridgehead atoms. The number of carbonyl (C=O) groups excluding carboxylic acids is 1. The first kappa shape index (κ1) is 17.5. The van der Waals surface area contributed by atoms with E-state index < -0.39 is 5.97 Å². The molecule has 0 atom stereocenters. The molecule has 0 saturated heterocycles. The molecule has 2 aromatic rings. The Hall–Kier alpha value is -2.96. The first-order valence-corrected chi connectivity index (χ1v) is 9.13. The van der Waals surface area contributed by atoms with Gasteiger partial charge in [-0.25, -0.2) is 4.79 Å². The van der Waals surface area contributed by atoms with Crippen LogP contribution >= 0.6 is 0 Å². The molecule has 1 amide bonds. The van der Waals surface area contributed by atoms with Crippen LogP contribution in [0.5, 0.6) is 11.5 Å². The van der Waals surface area contributed by atoms with Gasteiger partial charge in [0.2, 0.25) is 6.79 Å². The molecule has 0 spiro atoms. The molecule has 1 saturated carbocycles. The monoisotopic (exact) mass is 371 g/mol. The number of hydrogen-bond acceptors (Lipinski definition) is 5. The molecule has 1 N–H and O–H groups in total. The van der Waals surface area contributed by atoms with E-state index >= 15 is 0 Å². The third kappa shape index (κ3) is 3.63. The quantitative estimate of drug-likeness (QED) is 0.862. The summed E-state index contributed by atoms with van der Waals surface area (Å²) in [6.45, 7) is 0.609. The number of aromatic carboxylic acids is 1. The lowest BCUT2D eigenvalue weighted by atomic mass is 9.93. The van der Waals surface area contributed by atoms with Crippen molar-refractivity contribution in [3.8, 4) is 11.5 Å². The molecule has 1 aromatic heterocycles. The molecule has 27 heavy (non-hydrogen) atoms. The van der Waals surface area contributed by atoms with Crippen molar-refractivity contribution in [3.05, 3.63) is 47.4 Å². The largest absolute Gasteiger partial charge is 0.478 e. The van der Waals surface area contributed by atoms with Crippen molar-refractivity contribution in [2.45, 2.75) is 44.7 Å². The predicted octanol–water partition coefficient (Wildman–Crippen LogP) is 3.68. The zero-order valence-corrected chi connectivity index (χ0v) is 14.8. The van der Waals surface area contributed by atoms with Gasteiger partial charge in [0.25, 0.3) is 5.91 Å². The minimum absolute atomic E-state index is 0.0231. The van der Waals surface area contributed by atoms with E-state index in [9.17, 15) is 9.59 Å². The Labute approximate surface area is 156 Å². The first-order valence-electron chi connectivity index (χ1n) is 9.13. The van der Waals surface area contributed by atoms with Gasteiger partial charge in [0.05, 0.1) is 5.56 Å². The second-order valence-electron chi connectivity index (χ2n) is 6.92. The van der Waals surface area contributed by atoms with Gasteiger partial charge in [-0.3, -0.25) is 4.79 Å². The Balaban J connectivity index is 1.59. The van der Waals surface area contributed by atoms with Gasteiger partial charge in [0.1, 0.15) is 6.26 Å². The number of rotatable bonds is 5. The summed E-state index contributed by atoms with van der Waals surface area (Å²) in [7, 11) is 0. The van der Waals surface area contributed by atoms with E-state index in [0.717, 1.165) is 37.5 Å². The van der Waals surface area contributed by atoms with Crippen LogP contribution in [0.25, 0.3) is 0 Å². The molecular formula is C20H21NO6. The summed E-state index contributed by atoms with van der Waals surface area (Å²) in [5.41, 5.74) is 0.910. The van der Waals surface area contributed by atoms with Crippen molar-refractivity contribution in [2.75, 3.05) is 6.79 Å². The highest BCUT2D eigenvalue weighted by Crippen LogP contribution is 2.34. The second-order valence-corrected chi connectivity index (χ2v) is 6.92. The fraction of sp³-hybridized carbons (Fsp3) is 0.400. The molecule has 1 aliphatic carbocycles. The molecule has 142 valence electrons. The van der Waals surface area contributed by atoms with Crippen molar-refractivity contribution in [2.24, 2.45) is 0 Å². The van der Waals surface area contributed by atoms with Crippen molar-refractivity contribution in [3.63, 3.8) is 0 Å². The summed E-state index contributed by atoms with van der Waals surface area (Å²) in [4.78, 5) is 26.0. The molecule has 1 aliphatic heterocycles. The summed E-state index contributed by atoms with van der Waals surface area (Å²) in [6, 6.07) is 7.05. The topological polar surface area (TPSA) is 89.2 Å². The number of benzene rings is 1. The molecule has 2 aliphatic rings. The van der Waals surface area contributed by atoms with Crippen molar-refractivity contribution in [1.29, 1.82) is 0 Å². The lowest BCUT2D eigenvalue weighted by Crippen LogP contribution is -2.40. The number of fused-ring (bicyclic) bond motifs is 1. The van der Waals surface area contributed by atoms with Crippen LogP contribution in [0.4, 0.5) is 0 Å². The van der Waals surface area contributed by atoms with Gasteiger partial charge in [-0.2, -0.15) is 0 Å². The highest BCUT2D eigenvalue weighted by atomic mass is 16.7. The van der Waals surface area contributed by atoms with Crippen LogP contribution in [-0.2, 0) is 6.54 Å². The van der Waals surface area contributed by atoms with E-state index in [0.29, 0.717) is 18.0 Å². The molecule has 0 unspecified atom stereocenters. The van der Waals surface area contributed by atoms with Crippen molar-refractivity contribution in [1.82, 2.24) is 4.90 Å². The van der Waals surface area contributed by atoms with Gasteiger partial charge < -0.3 is 23.9 Å². The molecule has 1 fully saturated rings. The normalized spacial score (nSPS) is 16.3. The van der Waals surface area contributed by atoms with E-state index in [1.54, 1.807) is 4.90 Å². The van der Waals surface area contributed by atoms with Crippen LogP contribution in [0.1, 0.15) is 58.6 Å². The fourth-order valence-corrected chi connectivity index (χ4v) is 3.70. The van der Waals surface area contributed by atoms with Gasteiger partial charge >= 0.3 is 5.97 Å². The van der Waals surface area contributed by atoms with Crippen LogP contribution in [0.2, 0.25) is 0 Å². The number of amides is 1. The maximum Gasteiger partial charge on any atom is 0.338 e. The summed E-state index contributed by atoms with van der Waals surface area (Å²) < 4.78 is 16.0. The van der Waals surface area contributed by atoms with E-state index in [2.05, 4.69) is 0 Å². The number of carboxylic acids is 1. The standard InChI is InChI=1S/C20H21NO6/c22-19(18-9-14(11-25-18)20(23)24)21(15-4-2-1-3-5-15)10-13-6-7-16-17(8-13)27-12-26-16/h6-9,11,15H,1-5,10,12H2,(H,23,24). The smallest absolute Gasteiger partial charge is 0.338 e. The summed E-state index contributed by atoms with van der Waals surface area (Å²) in [5, 5.41) is 9.08. The van der Waals surface area contributed by atoms with Crippen molar-refractivity contribution < 1.29 is 28.6 Å². The molecule has 7 heteroatoms. The lowest BCUT2D eigenvalue weighted by Gasteiger charge is -2.34. The minimum Gasteiger partial charge on any atom is -0.478 e. The Morgan fingerprint density at radius 2 is 1.85 bits per heavy atom. The summed E-state index contributed by atoms with van der Waals surface area (Å²) in [5.74, 6) is 0.0321. The number of nitrogens with zero attached hydrogens (tertiary/aromatic N) is 1. The number of ether oxygens (including phenoxy) is 2. The lowest BCUT2D eigenvalue weighted by molar-refractivity contribution is 0.0581. The Morgan fingerprint density at radius 1 is 1.07 bits per heavy atom. The van der Waals surface area contributed by atoms with Crippen LogP contribution in [-0.4, -0.2) is 34.7 Å². The van der Waals surface area contributed by atoms with Crippen LogP contribution < -0.4 is 9.47 Å². The van der Waals surface area contributed by atoms with Crippen LogP contribution in [0, 0.1) is 0 Å². The molecule has 4 rings (SSSR count).